The van der Waals surface area contributed by atoms with Gasteiger partial charge in [-0.05, 0) is 80.4 Å². The van der Waals surface area contributed by atoms with Gasteiger partial charge in [-0.2, -0.15) is 13.2 Å². The van der Waals surface area contributed by atoms with Crippen molar-refractivity contribution in [1.82, 2.24) is 10.2 Å². The Morgan fingerprint density at radius 1 is 1.03 bits per heavy atom. The molecule has 2 unspecified atom stereocenters. The highest BCUT2D eigenvalue weighted by atomic mass is 35.5. The van der Waals surface area contributed by atoms with E-state index in [1.807, 2.05) is 24.3 Å². The molecule has 2 fully saturated rings. The minimum absolute atomic E-state index is 0.0831. The third-order valence-corrected chi connectivity index (χ3v) is 7.75. The van der Waals surface area contributed by atoms with Crippen LogP contribution >= 0.6 is 11.6 Å². The third kappa shape index (κ3) is 5.23. The van der Waals surface area contributed by atoms with Crippen LogP contribution in [0.2, 0.25) is 5.02 Å². The van der Waals surface area contributed by atoms with Gasteiger partial charge < -0.3 is 20.0 Å². The summed E-state index contributed by atoms with van der Waals surface area (Å²) >= 11 is 6.06. The Balaban J connectivity index is 1.38. The van der Waals surface area contributed by atoms with E-state index in [1.165, 1.54) is 18.9 Å². The molecule has 2 aromatic rings. The van der Waals surface area contributed by atoms with E-state index >= 15 is 0 Å². The number of nitrogens with one attached hydrogen (secondary N) is 1. The Morgan fingerprint density at radius 3 is 2.49 bits per heavy atom. The standard InChI is InChI=1S/C26H30ClF3N4O/c27-20-4-6-21(7-5-20)33-13-14-34-23-8-3-19(26(28,29)30)15-18(23)16-22(24(34)17-33)25(35)31-9-12-32-10-1-2-11-32/h3-8,15,22,24H,1-2,9-14,16-17H2,(H,31,35). The van der Waals surface area contributed by atoms with Gasteiger partial charge in [-0.1, -0.05) is 11.6 Å². The molecule has 0 spiro atoms. The van der Waals surface area contributed by atoms with E-state index in [9.17, 15) is 18.0 Å². The predicted molar refractivity (Wildman–Crippen MR) is 132 cm³/mol. The predicted octanol–water partition coefficient (Wildman–Crippen LogP) is 4.44. The molecule has 35 heavy (non-hydrogen) atoms. The van der Waals surface area contributed by atoms with Gasteiger partial charge in [-0.3, -0.25) is 4.79 Å². The zero-order valence-electron chi connectivity index (χ0n) is 19.5. The van der Waals surface area contributed by atoms with Crippen molar-refractivity contribution >= 4 is 28.9 Å². The highest BCUT2D eigenvalue weighted by molar-refractivity contribution is 6.30. The fourth-order valence-corrected chi connectivity index (χ4v) is 5.79. The van der Waals surface area contributed by atoms with Gasteiger partial charge in [-0.15, -0.1) is 0 Å². The van der Waals surface area contributed by atoms with Crippen molar-refractivity contribution in [3.8, 4) is 0 Å². The number of fused-ring (bicyclic) bond motifs is 3. The Bertz CT molecular complexity index is 1060. The molecule has 0 bridgehead atoms. The normalized spacial score (nSPS) is 22.6. The molecule has 0 saturated carbocycles. The van der Waals surface area contributed by atoms with Crippen LogP contribution in [0, 0.1) is 5.92 Å². The number of piperazine rings is 1. The second kappa shape index (κ2) is 9.90. The van der Waals surface area contributed by atoms with Crippen LogP contribution in [-0.2, 0) is 17.4 Å². The number of carbonyl (C=O) groups is 1. The highest BCUT2D eigenvalue weighted by Crippen LogP contribution is 2.40. The Morgan fingerprint density at radius 2 is 1.77 bits per heavy atom. The molecule has 0 aromatic heterocycles. The van der Waals surface area contributed by atoms with E-state index in [4.69, 9.17) is 11.6 Å². The summed E-state index contributed by atoms with van der Waals surface area (Å²) in [6.45, 7) is 5.42. The molecule has 2 saturated heterocycles. The van der Waals surface area contributed by atoms with E-state index in [2.05, 4.69) is 20.0 Å². The first-order valence-corrected chi connectivity index (χ1v) is 12.6. The average molecular weight is 507 g/mol. The van der Waals surface area contributed by atoms with E-state index < -0.39 is 17.7 Å². The molecular formula is C26H30ClF3N4O. The molecule has 2 atom stereocenters. The number of alkyl halides is 3. The molecule has 3 heterocycles. The van der Waals surface area contributed by atoms with Crippen LogP contribution in [0.5, 0.6) is 0 Å². The summed E-state index contributed by atoms with van der Waals surface area (Å²) in [6, 6.07) is 11.5. The van der Waals surface area contributed by atoms with E-state index in [0.717, 1.165) is 37.1 Å². The van der Waals surface area contributed by atoms with Gasteiger partial charge in [0.15, 0.2) is 0 Å². The Labute approximate surface area is 208 Å². The summed E-state index contributed by atoms with van der Waals surface area (Å²) < 4.78 is 40.2. The first-order valence-electron chi connectivity index (χ1n) is 12.3. The van der Waals surface area contributed by atoms with Crippen LogP contribution in [0.3, 0.4) is 0 Å². The van der Waals surface area contributed by atoms with Gasteiger partial charge in [0.1, 0.15) is 0 Å². The summed E-state index contributed by atoms with van der Waals surface area (Å²) in [5.74, 6) is -0.514. The monoisotopic (exact) mass is 506 g/mol. The van der Waals surface area contributed by atoms with Gasteiger partial charge in [-0.25, -0.2) is 0 Å². The number of anilines is 2. The number of hydrogen-bond donors (Lipinski definition) is 1. The number of amides is 1. The summed E-state index contributed by atoms with van der Waals surface area (Å²) in [6.07, 6.45) is -1.74. The molecule has 2 aromatic carbocycles. The van der Waals surface area contributed by atoms with Gasteiger partial charge >= 0.3 is 6.18 Å². The van der Waals surface area contributed by atoms with E-state index in [1.54, 1.807) is 6.07 Å². The van der Waals surface area contributed by atoms with Crippen LogP contribution in [0.25, 0.3) is 0 Å². The Kier molecular flexibility index (Phi) is 6.86. The second-order valence-electron chi connectivity index (χ2n) is 9.67. The molecule has 5 nitrogen and oxygen atoms in total. The van der Waals surface area contributed by atoms with Crippen molar-refractivity contribution in [3.63, 3.8) is 0 Å². The number of benzene rings is 2. The lowest BCUT2D eigenvalue weighted by Crippen LogP contribution is -2.61. The Hall–Kier alpha value is -2.45. The van der Waals surface area contributed by atoms with Crippen molar-refractivity contribution in [3.05, 3.63) is 58.6 Å². The molecule has 3 aliphatic rings. The largest absolute Gasteiger partial charge is 0.416 e. The maximum Gasteiger partial charge on any atom is 0.416 e. The summed E-state index contributed by atoms with van der Waals surface area (Å²) in [4.78, 5) is 20.1. The van der Waals surface area contributed by atoms with Crippen LogP contribution < -0.4 is 15.1 Å². The number of halogens is 4. The van der Waals surface area contributed by atoms with Gasteiger partial charge in [0.2, 0.25) is 5.91 Å². The van der Waals surface area contributed by atoms with Crippen LogP contribution in [0.15, 0.2) is 42.5 Å². The lowest BCUT2D eigenvalue weighted by Gasteiger charge is -2.49. The molecule has 9 heteroatoms. The first-order chi connectivity index (χ1) is 16.8. The molecule has 1 N–H and O–H groups in total. The maximum atomic E-state index is 13.4. The van der Waals surface area contributed by atoms with Crippen LogP contribution in [0.4, 0.5) is 24.5 Å². The molecule has 5 rings (SSSR count). The van der Waals surface area contributed by atoms with Crippen LogP contribution in [0.1, 0.15) is 24.0 Å². The fourth-order valence-electron chi connectivity index (χ4n) is 5.66. The SMILES string of the molecule is O=C(NCCN1CCCC1)C1Cc2cc(C(F)(F)F)ccc2N2CCN(c3ccc(Cl)cc3)CC12. The molecule has 0 aliphatic carbocycles. The number of carbonyl (C=O) groups excluding carboxylic acids is 1. The number of hydrogen-bond acceptors (Lipinski definition) is 4. The van der Waals surface area contributed by atoms with Crippen LogP contribution in [-0.4, -0.2) is 62.7 Å². The number of nitrogens with zero attached hydrogens (tertiary/aromatic N) is 3. The molecule has 3 aliphatic heterocycles. The topological polar surface area (TPSA) is 38.8 Å². The smallest absolute Gasteiger partial charge is 0.368 e. The lowest BCUT2D eigenvalue weighted by atomic mass is 9.82. The van der Waals surface area contributed by atoms with Crippen molar-refractivity contribution in [1.29, 1.82) is 0 Å². The minimum Gasteiger partial charge on any atom is -0.368 e. The van der Waals surface area contributed by atoms with E-state index in [0.29, 0.717) is 43.2 Å². The van der Waals surface area contributed by atoms with E-state index in [-0.39, 0.29) is 11.9 Å². The van der Waals surface area contributed by atoms with Crippen molar-refractivity contribution in [2.24, 2.45) is 5.92 Å². The summed E-state index contributed by atoms with van der Waals surface area (Å²) in [7, 11) is 0. The first kappa shape index (κ1) is 24.3. The summed E-state index contributed by atoms with van der Waals surface area (Å²) in [5, 5.41) is 3.75. The third-order valence-electron chi connectivity index (χ3n) is 7.49. The number of likely N-dealkylation sites (tertiary alicyclic amines) is 1. The quantitative estimate of drug-likeness (QED) is 0.651. The molecule has 1 amide bonds. The maximum absolute atomic E-state index is 13.4. The summed E-state index contributed by atoms with van der Waals surface area (Å²) in [5.41, 5.74) is 1.76. The van der Waals surface area contributed by atoms with Crippen molar-refractivity contribution in [2.75, 3.05) is 55.6 Å². The molecule has 0 radical (unpaired) electrons. The zero-order chi connectivity index (χ0) is 24.6. The molecule has 188 valence electrons. The van der Waals surface area contributed by atoms with Crippen molar-refractivity contribution < 1.29 is 18.0 Å². The second-order valence-corrected chi connectivity index (χ2v) is 10.1. The van der Waals surface area contributed by atoms with Gasteiger partial charge in [0.05, 0.1) is 17.5 Å². The highest BCUT2D eigenvalue weighted by Gasteiger charge is 2.42. The van der Waals surface area contributed by atoms with Gasteiger partial charge in [0, 0.05) is 49.1 Å². The fraction of sp³-hybridized carbons (Fsp3) is 0.500. The number of rotatable bonds is 5. The molecular weight excluding hydrogens is 477 g/mol. The van der Waals surface area contributed by atoms with Crippen molar-refractivity contribution in [2.45, 2.75) is 31.5 Å². The van der Waals surface area contributed by atoms with Gasteiger partial charge in [0.25, 0.3) is 0 Å². The lowest BCUT2D eigenvalue weighted by molar-refractivity contribution is -0.137. The average Bonchev–Trinajstić information content (AvgIpc) is 3.36. The minimum atomic E-state index is -4.41. The zero-order valence-corrected chi connectivity index (χ0v) is 20.3.